The van der Waals surface area contributed by atoms with Crippen molar-refractivity contribution >= 4 is 17.6 Å². The lowest BCUT2D eigenvalue weighted by atomic mass is 10.2. The summed E-state index contributed by atoms with van der Waals surface area (Å²) in [7, 11) is 0. The van der Waals surface area contributed by atoms with E-state index in [1.54, 1.807) is 17.1 Å². The standard InChI is InChI=1S/C19H20N4O3/c1-13(2)11-26-17-9-14(18(24)25)8-15(10-17)21-19-20-12-23(22-19)16-6-4-3-5-7-16/h3-10,12-13H,11H2,1-2H3,(H,21,22)(H,24,25). The summed E-state index contributed by atoms with van der Waals surface area (Å²) in [5, 5.41) is 16.7. The third-order valence-corrected chi connectivity index (χ3v) is 3.51. The number of benzene rings is 2. The molecule has 7 nitrogen and oxygen atoms in total. The molecular weight excluding hydrogens is 332 g/mol. The third-order valence-electron chi connectivity index (χ3n) is 3.51. The van der Waals surface area contributed by atoms with Gasteiger partial charge in [0.25, 0.3) is 0 Å². The van der Waals surface area contributed by atoms with Crippen LogP contribution in [0, 0.1) is 5.92 Å². The molecule has 26 heavy (non-hydrogen) atoms. The predicted octanol–water partition coefficient (Wildman–Crippen LogP) is 3.74. The fraction of sp³-hybridized carbons (Fsp3) is 0.211. The number of ether oxygens (including phenoxy) is 1. The molecule has 0 saturated heterocycles. The second kappa shape index (κ2) is 7.69. The van der Waals surface area contributed by atoms with Crippen molar-refractivity contribution < 1.29 is 14.6 Å². The summed E-state index contributed by atoms with van der Waals surface area (Å²) in [5.41, 5.74) is 1.57. The molecule has 1 heterocycles. The topological polar surface area (TPSA) is 89.3 Å². The first-order chi connectivity index (χ1) is 12.5. The van der Waals surface area contributed by atoms with Gasteiger partial charge in [0.2, 0.25) is 5.95 Å². The minimum atomic E-state index is -1.02. The highest BCUT2D eigenvalue weighted by atomic mass is 16.5. The molecule has 0 saturated carbocycles. The average molecular weight is 352 g/mol. The van der Waals surface area contributed by atoms with Gasteiger partial charge in [0.1, 0.15) is 12.1 Å². The minimum absolute atomic E-state index is 0.135. The van der Waals surface area contributed by atoms with Crippen molar-refractivity contribution in [2.75, 3.05) is 11.9 Å². The maximum absolute atomic E-state index is 11.4. The number of nitrogens with zero attached hydrogens (tertiary/aromatic N) is 3. The SMILES string of the molecule is CC(C)COc1cc(Nc2ncn(-c3ccccc3)n2)cc(C(=O)O)c1. The lowest BCUT2D eigenvalue weighted by Gasteiger charge is -2.11. The summed E-state index contributed by atoms with van der Waals surface area (Å²) < 4.78 is 7.30. The van der Waals surface area contributed by atoms with Crippen LogP contribution in [0.25, 0.3) is 5.69 Å². The molecule has 0 atom stereocenters. The molecule has 2 N–H and O–H groups in total. The van der Waals surface area contributed by atoms with E-state index < -0.39 is 5.97 Å². The third kappa shape index (κ3) is 4.38. The van der Waals surface area contributed by atoms with E-state index in [1.165, 1.54) is 12.1 Å². The van der Waals surface area contributed by atoms with Crippen LogP contribution in [-0.4, -0.2) is 32.4 Å². The van der Waals surface area contributed by atoms with Gasteiger partial charge in [-0.1, -0.05) is 32.0 Å². The molecule has 0 aliphatic rings. The number of para-hydroxylation sites is 1. The molecular formula is C19H20N4O3. The summed E-state index contributed by atoms with van der Waals surface area (Å²) in [5.74, 6) is 0.170. The van der Waals surface area contributed by atoms with E-state index in [0.717, 1.165) is 5.69 Å². The molecule has 134 valence electrons. The number of hydrogen-bond acceptors (Lipinski definition) is 5. The Hall–Kier alpha value is -3.35. The van der Waals surface area contributed by atoms with E-state index in [9.17, 15) is 9.90 Å². The van der Waals surface area contributed by atoms with E-state index in [0.29, 0.717) is 29.9 Å². The number of carboxylic acid groups (broad SMARTS) is 1. The number of carbonyl (C=O) groups is 1. The molecule has 0 amide bonds. The Kier molecular flexibility index (Phi) is 5.17. The molecule has 3 aromatic rings. The maximum atomic E-state index is 11.4. The second-order valence-electron chi connectivity index (χ2n) is 6.23. The van der Waals surface area contributed by atoms with E-state index in [4.69, 9.17) is 4.74 Å². The molecule has 0 radical (unpaired) electrons. The van der Waals surface area contributed by atoms with Gasteiger partial charge in [-0.2, -0.15) is 4.98 Å². The van der Waals surface area contributed by atoms with Crippen molar-refractivity contribution in [2.24, 2.45) is 5.92 Å². The zero-order chi connectivity index (χ0) is 18.5. The number of aromatic carboxylic acids is 1. The van der Waals surface area contributed by atoms with E-state index >= 15 is 0 Å². The molecule has 0 spiro atoms. The number of anilines is 2. The molecule has 2 aromatic carbocycles. The number of rotatable bonds is 7. The summed E-state index contributed by atoms with van der Waals surface area (Å²) in [6.07, 6.45) is 1.59. The van der Waals surface area contributed by atoms with Crippen LogP contribution >= 0.6 is 0 Å². The Balaban J connectivity index is 1.82. The smallest absolute Gasteiger partial charge is 0.335 e. The van der Waals surface area contributed by atoms with E-state index in [2.05, 4.69) is 15.4 Å². The minimum Gasteiger partial charge on any atom is -0.493 e. The lowest BCUT2D eigenvalue weighted by molar-refractivity contribution is 0.0696. The number of carboxylic acids is 1. The number of hydrogen-bond donors (Lipinski definition) is 2. The molecule has 7 heteroatoms. The summed E-state index contributed by atoms with van der Waals surface area (Å²) >= 11 is 0. The number of nitrogens with one attached hydrogen (secondary N) is 1. The fourth-order valence-electron chi connectivity index (χ4n) is 2.30. The van der Waals surface area contributed by atoms with Crippen LogP contribution in [0.4, 0.5) is 11.6 Å². The molecule has 0 unspecified atom stereocenters. The summed E-state index contributed by atoms with van der Waals surface area (Å²) in [6, 6.07) is 14.4. The van der Waals surface area contributed by atoms with Gasteiger partial charge in [-0.05, 0) is 30.2 Å². The zero-order valence-electron chi connectivity index (χ0n) is 14.6. The van der Waals surface area contributed by atoms with Gasteiger partial charge >= 0.3 is 5.97 Å². The van der Waals surface area contributed by atoms with Gasteiger partial charge in [-0.15, -0.1) is 5.10 Å². The summed E-state index contributed by atoms with van der Waals surface area (Å²) in [4.78, 5) is 15.6. The normalized spacial score (nSPS) is 10.7. The first-order valence-corrected chi connectivity index (χ1v) is 8.26. The molecule has 0 aliphatic heterocycles. The fourth-order valence-corrected chi connectivity index (χ4v) is 2.30. The quantitative estimate of drug-likeness (QED) is 0.673. The highest BCUT2D eigenvalue weighted by molar-refractivity contribution is 5.89. The van der Waals surface area contributed by atoms with Gasteiger partial charge < -0.3 is 15.2 Å². The Morgan fingerprint density at radius 2 is 2.00 bits per heavy atom. The number of aromatic nitrogens is 3. The van der Waals surface area contributed by atoms with Crippen molar-refractivity contribution in [3.63, 3.8) is 0 Å². The Labute approximate surface area is 151 Å². The lowest BCUT2D eigenvalue weighted by Crippen LogP contribution is -2.06. The van der Waals surface area contributed by atoms with Gasteiger partial charge in [0.05, 0.1) is 17.9 Å². The van der Waals surface area contributed by atoms with E-state index in [1.807, 2.05) is 44.2 Å². The molecule has 0 bridgehead atoms. The van der Waals surface area contributed by atoms with Crippen LogP contribution < -0.4 is 10.1 Å². The van der Waals surface area contributed by atoms with Crippen molar-refractivity contribution in [3.8, 4) is 11.4 Å². The molecule has 0 aliphatic carbocycles. The van der Waals surface area contributed by atoms with Crippen LogP contribution in [0.1, 0.15) is 24.2 Å². The van der Waals surface area contributed by atoms with E-state index in [-0.39, 0.29) is 5.56 Å². The van der Waals surface area contributed by atoms with Crippen LogP contribution in [0.15, 0.2) is 54.9 Å². The van der Waals surface area contributed by atoms with Crippen molar-refractivity contribution in [2.45, 2.75) is 13.8 Å². The van der Waals surface area contributed by atoms with Crippen molar-refractivity contribution in [1.29, 1.82) is 0 Å². The highest BCUT2D eigenvalue weighted by Crippen LogP contribution is 2.24. The molecule has 3 rings (SSSR count). The maximum Gasteiger partial charge on any atom is 0.335 e. The Bertz CT molecular complexity index is 891. The predicted molar refractivity (Wildman–Crippen MR) is 98.4 cm³/mol. The first-order valence-electron chi connectivity index (χ1n) is 8.26. The molecule has 1 aromatic heterocycles. The zero-order valence-corrected chi connectivity index (χ0v) is 14.6. The highest BCUT2D eigenvalue weighted by Gasteiger charge is 2.10. The van der Waals surface area contributed by atoms with Crippen LogP contribution in [0.2, 0.25) is 0 Å². The van der Waals surface area contributed by atoms with Crippen LogP contribution in [0.5, 0.6) is 5.75 Å². The van der Waals surface area contributed by atoms with Gasteiger partial charge in [-0.3, -0.25) is 0 Å². The van der Waals surface area contributed by atoms with Crippen LogP contribution in [0.3, 0.4) is 0 Å². The van der Waals surface area contributed by atoms with Crippen molar-refractivity contribution in [1.82, 2.24) is 14.8 Å². The van der Waals surface area contributed by atoms with Crippen LogP contribution in [-0.2, 0) is 0 Å². The molecule has 0 fully saturated rings. The Morgan fingerprint density at radius 3 is 2.69 bits per heavy atom. The second-order valence-corrected chi connectivity index (χ2v) is 6.23. The van der Waals surface area contributed by atoms with Gasteiger partial charge in [-0.25, -0.2) is 9.48 Å². The Morgan fingerprint density at radius 1 is 1.23 bits per heavy atom. The first kappa shape index (κ1) is 17.5. The van der Waals surface area contributed by atoms with Gasteiger partial charge in [0.15, 0.2) is 0 Å². The monoisotopic (exact) mass is 352 g/mol. The van der Waals surface area contributed by atoms with Crippen molar-refractivity contribution in [3.05, 3.63) is 60.4 Å². The van der Waals surface area contributed by atoms with Gasteiger partial charge in [0, 0.05) is 11.8 Å². The largest absolute Gasteiger partial charge is 0.493 e. The summed E-state index contributed by atoms with van der Waals surface area (Å²) in [6.45, 7) is 4.56. The average Bonchev–Trinajstić information content (AvgIpc) is 3.09.